The van der Waals surface area contributed by atoms with Crippen LogP contribution < -0.4 is 5.32 Å². The first kappa shape index (κ1) is 14.3. The second-order valence-corrected chi connectivity index (χ2v) is 6.55. The van der Waals surface area contributed by atoms with Crippen molar-refractivity contribution in [1.29, 1.82) is 0 Å². The molecule has 18 heavy (non-hydrogen) atoms. The third-order valence-corrected chi connectivity index (χ3v) is 5.26. The van der Waals surface area contributed by atoms with Crippen LogP contribution in [0.5, 0.6) is 0 Å². The molecule has 0 amide bonds. The van der Waals surface area contributed by atoms with E-state index in [0.29, 0.717) is 11.6 Å². The summed E-state index contributed by atoms with van der Waals surface area (Å²) in [4.78, 5) is 2.78. The first-order chi connectivity index (χ1) is 8.70. The number of piperidine rings is 1. The zero-order chi connectivity index (χ0) is 13.0. The van der Waals surface area contributed by atoms with Crippen molar-refractivity contribution in [2.75, 3.05) is 19.6 Å². The summed E-state index contributed by atoms with van der Waals surface area (Å²) < 4.78 is 0. The molecule has 2 heteroatoms. The van der Waals surface area contributed by atoms with Crippen molar-refractivity contribution in [1.82, 2.24) is 10.2 Å². The maximum absolute atomic E-state index is 3.80. The molecule has 0 bridgehead atoms. The average Bonchev–Trinajstić information content (AvgIpc) is 3.22. The molecule has 1 saturated heterocycles. The van der Waals surface area contributed by atoms with Gasteiger partial charge in [0.2, 0.25) is 0 Å². The Morgan fingerprint density at radius 3 is 2.33 bits per heavy atom. The van der Waals surface area contributed by atoms with Gasteiger partial charge in [-0.25, -0.2) is 0 Å². The predicted octanol–water partition coefficient (Wildman–Crippen LogP) is 3.42. The van der Waals surface area contributed by atoms with E-state index in [1.54, 1.807) is 0 Å². The van der Waals surface area contributed by atoms with E-state index in [-0.39, 0.29) is 0 Å². The largest absolute Gasteiger partial charge is 0.312 e. The highest BCUT2D eigenvalue weighted by Gasteiger charge is 2.40. The Morgan fingerprint density at radius 2 is 1.83 bits per heavy atom. The van der Waals surface area contributed by atoms with Crippen molar-refractivity contribution in [3.05, 3.63) is 0 Å². The Hall–Kier alpha value is -0.0800. The van der Waals surface area contributed by atoms with Crippen LogP contribution in [-0.4, -0.2) is 36.1 Å². The van der Waals surface area contributed by atoms with Crippen LogP contribution in [0, 0.1) is 5.92 Å². The molecule has 1 heterocycles. The van der Waals surface area contributed by atoms with Gasteiger partial charge in [0.05, 0.1) is 0 Å². The first-order valence-corrected chi connectivity index (χ1v) is 8.19. The van der Waals surface area contributed by atoms with E-state index in [1.807, 2.05) is 0 Å². The third kappa shape index (κ3) is 3.27. The van der Waals surface area contributed by atoms with Crippen molar-refractivity contribution < 1.29 is 0 Å². The minimum atomic E-state index is 0.374. The van der Waals surface area contributed by atoms with Crippen molar-refractivity contribution in [2.24, 2.45) is 5.92 Å². The number of likely N-dealkylation sites (N-methyl/N-ethyl adjacent to an activating group) is 1. The molecular weight excluding hydrogens is 220 g/mol. The van der Waals surface area contributed by atoms with Crippen molar-refractivity contribution in [3.8, 4) is 0 Å². The Labute approximate surface area is 114 Å². The molecule has 0 aromatic carbocycles. The van der Waals surface area contributed by atoms with Gasteiger partial charge < -0.3 is 5.32 Å². The minimum Gasteiger partial charge on any atom is -0.312 e. The Balaban J connectivity index is 2.04. The topological polar surface area (TPSA) is 15.3 Å². The number of likely N-dealkylation sites (tertiary alicyclic amines) is 1. The molecule has 0 spiro atoms. The van der Waals surface area contributed by atoms with Gasteiger partial charge in [-0.15, -0.1) is 0 Å². The zero-order valence-corrected chi connectivity index (χ0v) is 12.7. The summed E-state index contributed by atoms with van der Waals surface area (Å²) in [7, 11) is 0. The molecule has 2 aliphatic rings. The number of rotatable bonds is 7. The van der Waals surface area contributed by atoms with Gasteiger partial charge in [0.1, 0.15) is 0 Å². The monoisotopic (exact) mass is 252 g/mol. The highest BCUT2D eigenvalue weighted by atomic mass is 15.2. The van der Waals surface area contributed by atoms with Gasteiger partial charge in [-0.1, -0.05) is 33.1 Å². The number of nitrogens with zero attached hydrogens (tertiary/aromatic N) is 1. The van der Waals surface area contributed by atoms with Crippen LogP contribution >= 0.6 is 0 Å². The molecule has 0 radical (unpaired) electrons. The maximum Gasteiger partial charge on any atom is 0.0331 e. The van der Waals surface area contributed by atoms with E-state index in [2.05, 4.69) is 31.0 Å². The van der Waals surface area contributed by atoms with Gasteiger partial charge in [0, 0.05) is 11.6 Å². The van der Waals surface area contributed by atoms with Crippen LogP contribution in [0.2, 0.25) is 0 Å². The number of nitrogens with one attached hydrogen (secondary N) is 1. The number of hydrogen-bond donors (Lipinski definition) is 1. The van der Waals surface area contributed by atoms with Crippen molar-refractivity contribution in [3.63, 3.8) is 0 Å². The van der Waals surface area contributed by atoms with Crippen LogP contribution in [0.1, 0.15) is 65.7 Å². The molecule has 0 aromatic rings. The highest BCUT2D eigenvalue weighted by molar-refractivity contribution is 4.99. The summed E-state index contributed by atoms with van der Waals surface area (Å²) in [6, 6.07) is 0.693. The van der Waals surface area contributed by atoms with Gasteiger partial charge in [-0.2, -0.15) is 0 Å². The van der Waals surface area contributed by atoms with Gasteiger partial charge in [-0.05, 0) is 58.2 Å². The second-order valence-electron chi connectivity index (χ2n) is 6.55. The lowest BCUT2D eigenvalue weighted by Gasteiger charge is -2.48. The van der Waals surface area contributed by atoms with Crippen LogP contribution in [0.25, 0.3) is 0 Å². The summed E-state index contributed by atoms with van der Waals surface area (Å²) in [6.07, 6.45) is 9.86. The highest BCUT2D eigenvalue weighted by Crippen LogP contribution is 2.38. The summed E-state index contributed by atoms with van der Waals surface area (Å²) >= 11 is 0. The molecular formula is C16H32N2. The van der Waals surface area contributed by atoms with Crippen LogP contribution in [0.3, 0.4) is 0 Å². The average molecular weight is 252 g/mol. The standard InChI is InChI=1S/C16H32N2/c1-4-16(3,18-11-7-6-8-12-18)15(17-5-2)13-14-9-10-14/h14-15,17H,4-13H2,1-3H3. The molecule has 1 aliphatic heterocycles. The molecule has 2 unspecified atom stereocenters. The molecule has 2 nitrogen and oxygen atoms in total. The van der Waals surface area contributed by atoms with E-state index in [0.717, 1.165) is 12.5 Å². The number of hydrogen-bond acceptors (Lipinski definition) is 2. The fourth-order valence-corrected chi connectivity index (χ4v) is 3.59. The van der Waals surface area contributed by atoms with E-state index in [9.17, 15) is 0 Å². The van der Waals surface area contributed by atoms with Crippen LogP contribution in [0.4, 0.5) is 0 Å². The Morgan fingerprint density at radius 1 is 1.17 bits per heavy atom. The Kier molecular flexibility index (Phi) is 5.08. The zero-order valence-electron chi connectivity index (χ0n) is 12.7. The van der Waals surface area contributed by atoms with E-state index in [4.69, 9.17) is 0 Å². The van der Waals surface area contributed by atoms with Gasteiger partial charge in [0.25, 0.3) is 0 Å². The van der Waals surface area contributed by atoms with Crippen LogP contribution in [0.15, 0.2) is 0 Å². The lowest BCUT2D eigenvalue weighted by molar-refractivity contribution is 0.0389. The lowest BCUT2D eigenvalue weighted by atomic mass is 9.82. The van der Waals surface area contributed by atoms with Gasteiger partial charge in [-0.3, -0.25) is 4.90 Å². The molecule has 2 fully saturated rings. The summed E-state index contributed by atoms with van der Waals surface area (Å²) in [6.45, 7) is 10.9. The van der Waals surface area contributed by atoms with E-state index in [1.165, 1.54) is 58.0 Å². The maximum atomic E-state index is 3.80. The smallest absolute Gasteiger partial charge is 0.0331 e. The SMILES string of the molecule is CCNC(CC1CC1)C(C)(CC)N1CCCCC1. The molecule has 1 aliphatic carbocycles. The quantitative estimate of drug-likeness (QED) is 0.747. The van der Waals surface area contributed by atoms with Gasteiger partial charge >= 0.3 is 0 Å². The molecule has 106 valence electrons. The molecule has 0 aromatic heterocycles. The Bertz CT molecular complexity index is 243. The second kappa shape index (κ2) is 6.38. The minimum absolute atomic E-state index is 0.374. The fraction of sp³-hybridized carbons (Fsp3) is 1.00. The van der Waals surface area contributed by atoms with Crippen molar-refractivity contribution >= 4 is 0 Å². The predicted molar refractivity (Wildman–Crippen MR) is 78.9 cm³/mol. The normalized spacial score (nSPS) is 26.8. The fourth-order valence-electron chi connectivity index (χ4n) is 3.59. The molecule has 2 atom stereocenters. The molecule has 1 saturated carbocycles. The summed E-state index contributed by atoms with van der Waals surface area (Å²) in [5.74, 6) is 1.02. The molecule has 1 N–H and O–H groups in total. The van der Waals surface area contributed by atoms with Crippen LogP contribution in [-0.2, 0) is 0 Å². The summed E-state index contributed by atoms with van der Waals surface area (Å²) in [5.41, 5.74) is 0.374. The first-order valence-electron chi connectivity index (χ1n) is 8.19. The summed E-state index contributed by atoms with van der Waals surface area (Å²) in [5, 5.41) is 3.80. The lowest BCUT2D eigenvalue weighted by Crippen LogP contribution is -2.60. The molecule has 2 rings (SSSR count). The van der Waals surface area contributed by atoms with E-state index < -0.39 is 0 Å². The van der Waals surface area contributed by atoms with Crippen molar-refractivity contribution in [2.45, 2.75) is 77.3 Å². The third-order valence-electron chi connectivity index (χ3n) is 5.26. The van der Waals surface area contributed by atoms with E-state index >= 15 is 0 Å². The van der Waals surface area contributed by atoms with Gasteiger partial charge in [0.15, 0.2) is 0 Å².